The number of aliphatic hydroxyl groups is 1. The summed E-state index contributed by atoms with van der Waals surface area (Å²) in [6.45, 7) is 8.49. The van der Waals surface area contributed by atoms with E-state index in [0.29, 0.717) is 11.7 Å². The Hall–Kier alpha value is -0.410. The summed E-state index contributed by atoms with van der Waals surface area (Å²) in [5, 5.41) is 9.48. The standard InChI is InChI=1S/C15H27NO2/c1-11-6-8-16(13(11)10-17)9-12-5-4-7-15(2,3)14(12)18/h11-13,17H,4-10H2,1-3H3. The van der Waals surface area contributed by atoms with Crippen LogP contribution in [0.3, 0.4) is 0 Å². The zero-order chi connectivity index (χ0) is 13.3. The van der Waals surface area contributed by atoms with E-state index in [2.05, 4.69) is 25.7 Å². The molecule has 0 aromatic carbocycles. The van der Waals surface area contributed by atoms with Gasteiger partial charge in [0, 0.05) is 23.9 Å². The number of rotatable bonds is 3. The molecule has 18 heavy (non-hydrogen) atoms. The Morgan fingerprint density at radius 1 is 1.39 bits per heavy atom. The molecule has 0 aromatic heterocycles. The molecule has 1 saturated carbocycles. The van der Waals surface area contributed by atoms with Gasteiger partial charge < -0.3 is 5.11 Å². The van der Waals surface area contributed by atoms with Crippen molar-refractivity contribution in [3.05, 3.63) is 0 Å². The molecule has 3 heteroatoms. The van der Waals surface area contributed by atoms with Crippen molar-refractivity contribution in [2.45, 2.75) is 52.5 Å². The number of likely N-dealkylation sites (tertiary alicyclic amines) is 1. The average Bonchev–Trinajstić information content (AvgIpc) is 2.66. The van der Waals surface area contributed by atoms with Crippen molar-refractivity contribution in [1.82, 2.24) is 4.90 Å². The molecule has 3 unspecified atom stereocenters. The van der Waals surface area contributed by atoms with Gasteiger partial charge >= 0.3 is 0 Å². The molecule has 0 bridgehead atoms. The first kappa shape index (κ1) is 14.0. The number of nitrogens with zero attached hydrogens (tertiary/aromatic N) is 1. The number of Topliss-reactive ketones (excluding diaryl/α,β-unsaturated/α-hetero) is 1. The number of aliphatic hydroxyl groups excluding tert-OH is 1. The molecule has 0 radical (unpaired) electrons. The first-order valence-corrected chi connectivity index (χ1v) is 7.35. The zero-order valence-corrected chi connectivity index (χ0v) is 12.0. The van der Waals surface area contributed by atoms with Gasteiger partial charge in [-0.15, -0.1) is 0 Å². The summed E-state index contributed by atoms with van der Waals surface area (Å²) in [4.78, 5) is 14.8. The fourth-order valence-corrected chi connectivity index (χ4v) is 3.66. The molecular formula is C15H27NO2. The largest absolute Gasteiger partial charge is 0.395 e. The normalized spacial score (nSPS) is 37.1. The number of ketones is 1. The summed E-state index contributed by atoms with van der Waals surface area (Å²) in [6, 6.07) is 0.267. The minimum Gasteiger partial charge on any atom is -0.395 e. The molecule has 3 atom stereocenters. The van der Waals surface area contributed by atoms with Crippen molar-refractivity contribution in [3.63, 3.8) is 0 Å². The molecule has 1 aliphatic heterocycles. The van der Waals surface area contributed by atoms with Crippen LogP contribution in [0, 0.1) is 17.3 Å². The molecule has 0 spiro atoms. The number of hydrogen-bond donors (Lipinski definition) is 1. The van der Waals surface area contributed by atoms with E-state index in [0.717, 1.165) is 38.8 Å². The molecule has 0 aromatic rings. The summed E-state index contributed by atoms with van der Waals surface area (Å²) >= 11 is 0. The van der Waals surface area contributed by atoms with Crippen molar-refractivity contribution in [2.75, 3.05) is 19.7 Å². The molecule has 1 aliphatic carbocycles. The molecule has 1 saturated heterocycles. The second-order valence-electron chi connectivity index (χ2n) is 6.85. The van der Waals surface area contributed by atoms with Crippen molar-refractivity contribution < 1.29 is 9.90 Å². The van der Waals surface area contributed by atoms with Crippen molar-refractivity contribution >= 4 is 5.78 Å². The smallest absolute Gasteiger partial charge is 0.142 e. The maximum Gasteiger partial charge on any atom is 0.142 e. The lowest BCUT2D eigenvalue weighted by Gasteiger charge is -2.36. The van der Waals surface area contributed by atoms with Gasteiger partial charge in [-0.1, -0.05) is 27.2 Å². The van der Waals surface area contributed by atoms with Crippen LogP contribution in [0.25, 0.3) is 0 Å². The monoisotopic (exact) mass is 253 g/mol. The van der Waals surface area contributed by atoms with Gasteiger partial charge in [-0.05, 0) is 31.7 Å². The highest BCUT2D eigenvalue weighted by Crippen LogP contribution is 2.36. The van der Waals surface area contributed by atoms with E-state index in [9.17, 15) is 9.90 Å². The van der Waals surface area contributed by atoms with Crippen molar-refractivity contribution in [2.24, 2.45) is 17.3 Å². The van der Waals surface area contributed by atoms with Crippen LogP contribution in [-0.2, 0) is 4.79 Å². The molecule has 1 N–H and O–H groups in total. The number of hydrogen-bond acceptors (Lipinski definition) is 3. The van der Waals surface area contributed by atoms with E-state index in [-0.39, 0.29) is 24.0 Å². The van der Waals surface area contributed by atoms with Crippen LogP contribution in [0.4, 0.5) is 0 Å². The van der Waals surface area contributed by atoms with E-state index >= 15 is 0 Å². The van der Waals surface area contributed by atoms with Crippen LogP contribution < -0.4 is 0 Å². The second kappa shape index (κ2) is 5.30. The summed E-state index contributed by atoms with van der Waals surface area (Å²) in [5.41, 5.74) is -0.136. The fraction of sp³-hybridized carbons (Fsp3) is 0.933. The molecule has 104 valence electrons. The minimum atomic E-state index is -0.136. The van der Waals surface area contributed by atoms with Gasteiger partial charge in [0.05, 0.1) is 6.61 Å². The summed E-state index contributed by atoms with van der Waals surface area (Å²) in [5.74, 6) is 1.18. The van der Waals surface area contributed by atoms with Gasteiger partial charge in [0.1, 0.15) is 5.78 Å². The minimum absolute atomic E-state index is 0.136. The quantitative estimate of drug-likeness (QED) is 0.837. The third-order valence-corrected chi connectivity index (χ3v) is 5.03. The highest BCUT2D eigenvalue weighted by Gasteiger charge is 2.40. The Kier molecular flexibility index (Phi) is 4.12. The zero-order valence-electron chi connectivity index (χ0n) is 12.0. The number of carbonyl (C=O) groups is 1. The van der Waals surface area contributed by atoms with Crippen LogP contribution >= 0.6 is 0 Å². The predicted octanol–water partition coefficient (Wildman–Crippen LogP) is 2.08. The Balaban J connectivity index is 1.99. The van der Waals surface area contributed by atoms with Crippen LogP contribution in [-0.4, -0.2) is 41.5 Å². The van der Waals surface area contributed by atoms with Gasteiger partial charge in [0.15, 0.2) is 0 Å². The van der Waals surface area contributed by atoms with Gasteiger partial charge in [-0.3, -0.25) is 9.69 Å². The third-order valence-electron chi connectivity index (χ3n) is 5.03. The SMILES string of the molecule is CC1CCN(CC2CCCC(C)(C)C2=O)C1CO. The third kappa shape index (κ3) is 2.62. The average molecular weight is 253 g/mol. The lowest BCUT2D eigenvalue weighted by Crippen LogP contribution is -2.44. The van der Waals surface area contributed by atoms with E-state index < -0.39 is 0 Å². The Bertz CT molecular complexity index is 314. The Morgan fingerprint density at radius 3 is 2.78 bits per heavy atom. The van der Waals surface area contributed by atoms with Gasteiger partial charge in [-0.2, -0.15) is 0 Å². The Morgan fingerprint density at radius 2 is 2.11 bits per heavy atom. The van der Waals surface area contributed by atoms with Crippen LogP contribution in [0.2, 0.25) is 0 Å². The lowest BCUT2D eigenvalue weighted by atomic mass is 9.71. The van der Waals surface area contributed by atoms with Crippen molar-refractivity contribution in [1.29, 1.82) is 0 Å². The van der Waals surface area contributed by atoms with E-state index in [1.165, 1.54) is 0 Å². The summed E-state index contributed by atoms with van der Waals surface area (Å²) < 4.78 is 0. The van der Waals surface area contributed by atoms with Crippen molar-refractivity contribution in [3.8, 4) is 0 Å². The Labute approximate surface area is 111 Å². The van der Waals surface area contributed by atoms with Crippen LogP contribution in [0.15, 0.2) is 0 Å². The topological polar surface area (TPSA) is 40.5 Å². The molecule has 0 amide bonds. The van der Waals surface area contributed by atoms with E-state index in [1.807, 2.05) is 0 Å². The van der Waals surface area contributed by atoms with E-state index in [4.69, 9.17) is 0 Å². The highest BCUT2D eigenvalue weighted by molar-refractivity contribution is 5.87. The lowest BCUT2D eigenvalue weighted by molar-refractivity contribution is -0.135. The molecule has 2 aliphatic rings. The molecular weight excluding hydrogens is 226 g/mol. The maximum absolute atomic E-state index is 12.4. The number of carbonyl (C=O) groups excluding carboxylic acids is 1. The molecule has 3 nitrogen and oxygen atoms in total. The van der Waals surface area contributed by atoms with Gasteiger partial charge in [0.2, 0.25) is 0 Å². The summed E-state index contributed by atoms with van der Waals surface area (Å²) in [7, 11) is 0. The molecule has 2 fully saturated rings. The summed E-state index contributed by atoms with van der Waals surface area (Å²) in [6.07, 6.45) is 4.37. The first-order valence-electron chi connectivity index (χ1n) is 7.35. The van der Waals surface area contributed by atoms with Crippen LogP contribution in [0.1, 0.15) is 46.5 Å². The van der Waals surface area contributed by atoms with E-state index in [1.54, 1.807) is 0 Å². The second-order valence-corrected chi connectivity index (χ2v) is 6.85. The van der Waals surface area contributed by atoms with Gasteiger partial charge in [0.25, 0.3) is 0 Å². The molecule has 2 rings (SSSR count). The molecule has 1 heterocycles. The predicted molar refractivity (Wildman–Crippen MR) is 72.4 cm³/mol. The maximum atomic E-state index is 12.4. The highest BCUT2D eigenvalue weighted by atomic mass is 16.3. The first-order chi connectivity index (χ1) is 8.45. The van der Waals surface area contributed by atoms with Crippen LogP contribution in [0.5, 0.6) is 0 Å². The van der Waals surface area contributed by atoms with Gasteiger partial charge in [-0.25, -0.2) is 0 Å². The fourth-order valence-electron chi connectivity index (χ4n) is 3.66.